The molecule has 0 aliphatic heterocycles. The molecule has 0 radical (unpaired) electrons. The summed E-state index contributed by atoms with van der Waals surface area (Å²) in [7, 11) is -3.51. The molecule has 2 aromatic carbocycles. The number of amides is 1. The number of sulfonamides is 1. The van der Waals surface area contributed by atoms with Crippen LogP contribution in [0.4, 0.5) is 5.69 Å². The Morgan fingerprint density at radius 2 is 1.76 bits per heavy atom. The summed E-state index contributed by atoms with van der Waals surface area (Å²) in [6, 6.07) is 13.2. The van der Waals surface area contributed by atoms with Gasteiger partial charge in [0.05, 0.1) is 12.8 Å². The van der Waals surface area contributed by atoms with E-state index in [1.807, 2.05) is 63.2 Å². The summed E-state index contributed by atoms with van der Waals surface area (Å²) in [5.41, 5.74) is 4.76. The lowest BCUT2D eigenvalue weighted by atomic mass is 10.1. The third-order valence-corrected chi connectivity index (χ3v) is 5.22. The molecule has 2 rings (SSSR count). The summed E-state index contributed by atoms with van der Waals surface area (Å²) in [5, 5.41) is 2.76. The van der Waals surface area contributed by atoms with E-state index in [4.69, 9.17) is 0 Å². The van der Waals surface area contributed by atoms with Crippen molar-refractivity contribution in [1.29, 1.82) is 0 Å². The highest BCUT2D eigenvalue weighted by molar-refractivity contribution is 7.88. The second-order valence-electron chi connectivity index (χ2n) is 6.37. The van der Waals surface area contributed by atoms with Crippen molar-refractivity contribution in [2.75, 3.05) is 18.1 Å². The number of aryl methyl sites for hydroxylation is 3. The van der Waals surface area contributed by atoms with Gasteiger partial charge in [0.25, 0.3) is 0 Å². The van der Waals surface area contributed by atoms with Crippen molar-refractivity contribution in [3.05, 3.63) is 64.7 Å². The molecule has 0 heterocycles. The molecule has 0 bridgehead atoms. The summed E-state index contributed by atoms with van der Waals surface area (Å²) in [4.78, 5) is 12.3. The Morgan fingerprint density at radius 1 is 1.04 bits per heavy atom. The average Bonchev–Trinajstić information content (AvgIpc) is 2.49. The Labute approximate surface area is 149 Å². The Kier molecular flexibility index (Phi) is 5.98. The van der Waals surface area contributed by atoms with Crippen molar-refractivity contribution in [2.45, 2.75) is 27.3 Å². The van der Waals surface area contributed by atoms with E-state index in [0.29, 0.717) is 5.69 Å². The zero-order valence-electron chi connectivity index (χ0n) is 15.0. The highest BCUT2D eigenvalue weighted by Crippen LogP contribution is 2.15. The van der Waals surface area contributed by atoms with Gasteiger partial charge in [-0.1, -0.05) is 35.9 Å². The van der Waals surface area contributed by atoms with E-state index >= 15 is 0 Å². The molecule has 0 unspecified atom stereocenters. The monoisotopic (exact) mass is 360 g/mol. The van der Waals surface area contributed by atoms with E-state index in [9.17, 15) is 13.2 Å². The molecule has 1 amide bonds. The lowest BCUT2D eigenvalue weighted by Crippen LogP contribution is -2.36. The minimum atomic E-state index is -3.51. The Hall–Kier alpha value is -2.18. The molecule has 0 saturated carbocycles. The molecule has 0 aliphatic carbocycles. The maximum atomic E-state index is 12.3. The quantitative estimate of drug-likeness (QED) is 0.861. The van der Waals surface area contributed by atoms with Gasteiger partial charge in [0.15, 0.2) is 0 Å². The van der Waals surface area contributed by atoms with Crippen molar-refractivity contribution in [3.8, 4) is 0 Å². The minimum absolute atomic E-state index is 0.168. The van der Waals surface area contributed by atoms with Gasteiger partial charge in [-0.25, -0.2) is 8.42 Å². The second-order valence-corrected chi connectivity index (χ2v) is 8.35. The van der Waals surface area contributed by atoms with Crippen molar-refractivity contribution in [2.24, 2.45) is 0 Å². The van der Waals surface area contributed by atoms with Gasteiger partial charge in [0, 0.05) is 12.2 Å². The molecule has 0 saturated heterocycles. The maximum Gasteiger partial charge on any atom is 0.239 e. The van der Waals surface area contributed by atoms with Gasteiger partial charge in [-0.05, 0) is 49.6 Å². The largest absolute Gasteiger partial charge is 0.325 e. The molecule has 0 aliphatic rings. The Bertz CT molecular complexity index is 876. The highest BCUT2D eigenvalue weighted by atomic mass is 32.2. The number of nitrogens with one attached hydrogen (secondary N) is 1. The predicted molar refractivity (Wildman–Crippen MR) is 101 cm³/mol. The molecule has 0 aromatic heterocycles. The fourth-order valence-electron chi connectivity index (χ4n) is 2.48. The fraction of sp³-hybridized carbons (Fsp3) is 0.316. The number of nitrogens with zero attached hydrogens (tertiary/aromatic N) is 1. The summed E-state index contributed by atoms with van der Waals surface area (Å²) >= 11 is 0. The van der Waals surface area contributed by atoms with Gasteiger partial charge < -0.3 is 5.32 Å². The molecular formula is C19H24N2O3S. The average molecular weight is 360 g/mol. The molecule has 0 atom stereocenters. The summed E-state index contributed by atoms with van der Waals surface area (Å²) in [6.45, 7) is 5.85. The topological polar surface area (TPSA) is 66.5 Å². The molecule has 134 valence electrons. The predicted octanol–water partition coefficient (Wildman–Crippen LogP) is 3.01. The molecule has 0 fully saturated rings. The van der Waals surface area contributed by atoms with Gasteiger partial charge in [-0.2, -0.15) is 4.31 Å². The number of rotatable bonds is 6. The van der Waals surface area contributed by atoms with Crippen LogP contribution in [0.15, 0.2) is 42.5 Å². The van der Waals surface area contributed by atoms with E-state index in [1.54, 1.807) is 0 Å². The smallest absolute Gasteiger partial charge is 0.239 e. The van der Waals surface area contributed by atoms with Gasteiger partial charge in [-0.15, -0.1) is 0 Å². The van der Waals surface area contributed by atoms with Gasteiger partial charge in [-0.3, -0.25) is 4.79 Å². The normalized spacial score (nSPS) is 11.6. The first-order valence-electron chi connectivity index (χ1n) is 8.03. The molecule has 0 spiro atoms. The van der Waals surface area contributed by atoms with E-state index in [0.717, 1.165) is 28.5 Å². The molecule has 1 N–H and O–H groups in total. The highest BCUT2D eigenvalue weighted by Gasteiger charge is 2.20. The third-order valence-electron chi connectivity index (χ3n) is 4.02. The van der Waals surface area contributed by atoms with E-state index in [-0.39, 0.29) is 19.0 Å². The summed E-state index contributed by atoms with van der Waals surface area (Å²) in [6.07, 6.45) is 1.12. The zero-order valence-corrected chi connectivity index (χ0v) is 15.9. The van der Waals surface area contributed by atoms with Crippen LogP contribution >= 0.6 is 0 Å². The zero-order chi connectivity index (χ0) is 18.6. The molecule has 5 nitrogen and oxygen atoms in total. The van der Waals surface area contributed by atoms with Crippen LogP contribution in [-0.2, 0) is 21.4 Å². The first-order chi connectivity index (χ1) is 11.6. The van der Waals surface area contributed by atoms with Crippen LogP contribution in [0.1, 0.15) is 22.3 Å². The minimum Gasteiger partial charge on any atom is -0.325 e. The van der Waals surface area contributed by atoms with Crippen LogP contribution in [0.5, 0.6) is 0 Å². The first-order valence-corrected chi connectivity index (χ1v) is 9.88. The molecule has 2 aromatic rings. The van der Waals surface area contributed by atoms with Crippen LogP contribution < -0.4 is 5.32 Å². The van der Waals surface area contributed by atoms with Crippen molar-refractivity contribution < 1.29 is 13.2 Å². The second kappa shape index (κ2) is 7.80. The number of benzene rings is 2. The van der Waals surface area contributed by atoms with Crippen molar-refractivity contribution >= 4 is 21.6 Å². The third kappa shape index (κ3) is 5.69. The van der Waals surface area contributed by atoms with Gasteiger partial charge in [0.2, 0.25) is 15.9 Å². The molecule has 25 heavy (non-hydrogen) atoms. The Morgan fingerprint density at radius 3 is 2.36 bits per heavy atom. The van der Waals surface area contributed by atoms with Gasteiger partial charge in [0.1, 0.15) is 0 Å². The fourth-order valence-corrected chi connectivity index (χ4v) is 3.22. The van der Waals surface area contributed by atoms with Crippen LogP contribution in [-0.4, -0.2) is 31.4 Å². The summed E-state index contributed by atoms with van der Waals surface area (Å²) < 4.78 is 25.3. The van der Waals surface area contributed by atoms with E-state index in [1.165, 1.54) is 4.31 Å². The SMILES string of the molecule is Cc1cccc(CN(CC(=O)Nc2ccc(C)c(C)c2)S(C)(=O)=O)c1. The van der Waals surface area contributed by atoms with Crippen LogP contribution in [0.3, 0.4) is 0 Å². The standard InChI is InChI=1S/C19H24N2O3S/c1-14-6-5-7-17(10-14)12-21(25(4,23)24)13-19(22)20-18-9-8-15(2)16(3)11-18/h5-11H,12-13H2,1-4H3,(H,20,22). The van der Waals surface area contributed by atoms with Gasteiger partial charge >= 0.3 is 0 Å². The molecular weight excluding hydrogens is 336 g/mol. The number of carbonyl (C=O) groups is 1. The molecule has 6 heteroatoms. The Balaban J connectivity index is 2.11. The van der Waals surface area contributed by atoms with Crippen molar-refractivity contribution in [3.63, 3.8) is 0 Å². The lowest BCUT2D eigenvalue weighted by molar-refractivity contribution is -0.116. The van der Waals surface area contributed by atoms with Crippen LogP contribution in [0.2, 0.25) is 0 Å². The van der Waals surface area contributed by atoms with Crippen molar-refractivity contribution in [1.82, 2.24) is 4.31 Å². The van der Waals surface area contributed by atoms with E-state index < -0.39 is 10.0 Å². The van der Waals surface area contributed by atoms with Crippen LogP contribution in [0, 0.1) is 20.8 Å². The number of anilines is 1. The number of carbonyl (C=O) groups excluding carboxylic acids is 1. The first kappa shape index (κ1) is 19.1. The number of hydrogen-bond acceptors (Lipinski definition) is 3. The van der Waals surface area contributed by atoms with Crippen LogP contribution in [0.25, 0.3) is 0 Å². The number of hydrogen-bond donors (Lipinski definition) is 1. The maximum absolute atomic E-state index is 12.3. The van der Waals surface area contributed by atoms with E-state index in [2.05, 4.69) is 5.32 Å². The lowest BCUT2D eigenvalue weighted by Gasteiger charge is -2.20. The summed E-state index contributed by atoms with van der Waals surface area (Å²) in [5.74, 6) is -0.360.